The van der Waals surface area contributed by atoms with Crippen molar-refractivity contribution in [1.82, 2.24) is 5.32 Å². The molecule has 20 heavy (non-hydrogen) atoms. The fourth-order valence-electron chi connectivity index (χ4n) is 1.78. The molecule has 1 aromatic carbocycles. The minimum atomic E-state index is -0.108. The molecule has 0 bridgehead atoms. The van der Waals surface area contributed by atoms with Crippen LogP contribution in [0.1, 0.15) is 38.8 Å². The maximum absolute atomic E-state index is 11.6. The maximum Gasteiger partial charge on any atom is 0.224 e. The second kappa shape index (κ2) is 8.28. The average Bonchev–Trinajstić information content (AvgIpc) is 2.37. The molecule has 0 saturated heterocycles. The number of nitrogens with one attached hydrogen (secondary N) is 1. The smallest absolute Gasteiger partial charge is 0.224 e. The third-order valence-electron chi connectivity index (χ3n) is 3.33. The Kier molecular flexibility index (Phi) is 7.84. The van der Waals surface area contributed by atoms with Crippen LogP contribution in [0.5, 0.6) is 0 Å². The molecule has 0 heterocycles. The monoisotopic (exact) mass is 298 g/mol. The minimum Gasteiger partial charge on any atom is -0.355 e. The second-order valence-electron chi connectivity index (χ2n) is 6.12. The molecule has 0 saturated carbocycles. The molecular weight excluding hydrogens is 272 g/mol. The number of hydrogen-bond acceptors (Lipinski definition) is 2. The van der Waals surface area contributed by atoms with Crippen LogP contribution in [-0.2, 0) is 16.6 Å². The molecular formula is C16H27ClN2O. The summed E-state index contributed by atoms with van der Waals surface area (Å²) in [6.07, 6.45) is 0.855. The zero-order chi connectivity index (χ0) is 14.5. The van der Waals surface area contributed by atoms with E-state index in [0.717, 1.165) is 6.42 Å². The third kappa shape index (κ3) is 5.93. The molecule has 0 fully saturated rings. The fourth-order valence-corrected chi connectivity index (χ4v) is 1.78. The molecule has 0 radical (unpaired) electrons. The van der Waals surface area contributed by atoms with Gasteiger partial charge in [-0.3, -0.25) is 4.79 Å². The average molecular weight is 299 g/mol. The lowest BCUT2D eigenvalue weighted by atomic mass is 9.86. The quantitative estimate of drug-likeness (QED) is 0.878. The van der Waals surface area contributed by atoms with E-state index in [9.17, 15) is 4.79 Å². The molecule has 1 atom stereocenters. The van der Waals surface area contributed by atoms with Gasteiger partial charge in [-0.2, -0.15) is 0 Å². The van der Waals surface area contributed by atoms with Gasteiger partial charge in [-0.25, -0.2) is 0 Å². The van der Waals surface area contributed by atoms with E-state index in [1.54, 1.807) is 0 Å². The molecule has 114 valence electrons. The van der Waals surface area contributed by atoms with Gasteiger partial charge < -0.3 is 11.1 Å². The Hall–Kier alpha value is -1.06. The first kappa shape index (κ1) is 18.9. The van der Waals surface area contributed by atoms with E-state index in [2.05, 4.69) is 50.4 Å². The Morgan fingerprint density at radius 1 is 1.25 bits per heavy atom. The van der Waals surface area contributed by atoms with Crippen LogP contribution in [0, 0.1) is 5.92 Å². The van der Waals surface area contributed by atoms with Gasteiger partial charge in [0, 0.05) is 19.0 Å². The zero-order valence-electron chi connectivity index (χ0n) is 12.9. The van der Waals surface area contributed by atoms with Crippen LogP contribution in [0.4, 0.5) is 0 Å². The van der Waals surface area contributed by atoms with E-state index < -0.39 is 0 Å². The summed E-state index contributed by atoms with van der Waals surface area (Å²) < 4.78 is 0. The standard InChI is InChI=1S/C16H26N2O.ClH/c1-12(11-17)15(19)18-10-9-13-5-7-14(8-6-13)16(2,3)4;/h5-8,12H,9-11,17H2,1-4H3,(H,18,19);1H. The highest BCUT2D eigenvalue weighted by atomic mass is 35.5. The van der Waals surface area contributed by atoms with Gasteiger partial charge in [0.1, 0.15) is 0 Å². The highest BCUT2D eigenvalue weighted by molar-refractivity contribution is 5.85. The van der Waals surface area contributed by atoms with E-state index in [1.807, 2.05) is 6.92 Å². The van der Waals surface area contributed by atoms with Gasteiger partial charge in [0.15, 0.2) is 0 Å². The van der Waals surface area contributed by atoms with Crippen molar-refractivity contribution in [2.75, 3.05) is 13.1 Å². The molecule has 0 aliphatic heterocycles. The van der Waals surface area contributed by atoms with Crippen molar-refractivity contribution >= 4 is 18.3 Å². The Morgan fingerprint density at radius 2 is 1.80 bits per heavy atom. The molecule has 1 unspecified atom stereocenters. The van der Waals surface area contributed by atoms with Gasteiger partial charge >= 0.3 is 0 Å². The predicted molar refractivity (Wildman–Crippen MR) is 87.3 cm³/mol. The molecule has 1 aromatic rings. The Balaban J connectivity index is 0.00000361. The maximum atomic E-state index is 11.6. The third-order valence-corrected chi connectivity index (χ3v) is 3.33. The second-order valence-corrected chi connectivity index (χ2v) is 6.12. The summed E-state index contributed by atoms with van der Waals surface area (Å²) in [5, 5.41) is 2.91. The molecule has 4 heteroatoms. The number of nitrogens with two attached hydrogens (primary N) is 1. The highest BCUT2D eigenvalue weighted by Gasteiger charge is 2.13. The van der Waals surface area contributed by atoms with Gasteiger partial charge in [0.05, 0.1) is 0 Å². The first-order valence-corrected chi connectivity index (χ1v) is 6.92. The summed E-state index contributed by atoms with van der Waals surface area (Å²) in [7, 11) is 0. The zero-order valence-corrected chi connectivity index (χ0v) is 13.7. The van der Waals surface area contributed by atoms with Crippen molar-refractivity contribution in [3.63, 3.8) is 0 Å². The predicted octanol–water partition coefficient (Wildman–Crippen LogP) is 2.66. The van der Waals surface area contributed by atoms with Gasteiger partial charge in [-0.15, -0.1) is 12.4 Å². The molecule has 1 amide bonds. The Labute approximate surface area is 128 Å². The number of carbonyl (C=O) groups excluding carboxylic acids is 1. The van der Waals surface area contributed by atoms with Crippen molar-refractivity contribution in [1.29, 1.82) is 0 Å². The van der Waals surface area contributed by atoms with Crippen LogP contribution in [-0.4, -0.2) is 19.0 Å². The van der Waals surface area contributed by atoms with E-state index in [-0.39, 0.29) is 29.6 Å². The summed E-state index contributed by atoms with van der Waals surface area (Å²) in [5.41, 5.74) is 8.21. The van der Waals surface area contributed by atoms with Gasteiger partial charge in [-0.05, 0) is 23.0 Å². The van der Waals surface area contributed by atoms with Crippen LogP contribution in [0.3, 0.4) is 0 Å². The summed E-state index contributed by atoms with van der Waals surface area (Å²) >= 11 is 0. The summed E-state index contributed by atoms with van der Waals surface area (Å²) in [5.74, 6) is -0.0721. The topological polar surface area (TPSA) is 55.1 Å². The van der Waals surface area contributed by atoms with Crippen molar-refractivity contribution in [2.24, 2.45) is 11.7 Å². The summed E-state index contributed by atoms with van der Waals surface area (Å²) in [6, 6.07) is 8.61. The fraction of sp³-hybridized carbons (Fsp3) is 0.562. The summed E-state index contributed by atoms with van der Waals surface area (Å²) in [6.45, 7) is 9.51. The molecule has 0 aromatic heterocycles. The van der Waals surface area contributed by atoms with Crippen molar-refractivity contribution < 1.29 is 4.79 Å². The number of halogens is 1. The van der Waals surface area contributed by atoms with Gasteiger partial charge in [0.2, 0.25) is 5.91 Å². The van der Waals surface area contributed by atoms with E-state index in [0.29, 0.717) is 13.1 Å². The number of rotatable bonds is 5. The Morgan fingerprint density at radius 3 is 2.25 bits per heavy atom. The van der Waals surface area contributed by atoms with Crippen molar-refractivity contribution in [2.45, 2.75) is 39.5 Å². The largest absolute Gasteiger partial charge is 0.355 e. The first-order valence-electron chi connectivity index (χ1n) is 6.92. The summed E-state index contributed by atoms with van der Waals surface area (Å²) in [4.78, 5) is 11.6. The first-order chi connectivity index (χ1) is 8.84. The van der Waals surface area contributed by atoms with Crippen molar-refractivity contribution in [3.8, 4) is 0 Å². The van der Waals surface area contributed by atoms with E-state index in [1.165, 1.54) is 11.1 Å². The van der Waals surface area contributed by atoms with Crippen LogP contribution in [0.15, 0.2) is 24.3 Å². The molecule has 1 rings (SSSR count). The highest BCUT2D eigenvalue weighted by Crippen LogP contribution is 2.22. The molecule has 0 spiro atoms. The number of amides is 1. The molecule has 0 aliphatic rings. The van der Waals surface area contributed by atoms with Crippen molar-refractivity contribution in [3.05, 3.63) is 35.4 Å². The number of hydrogen-bond donors (Lipinski definition) is 2. The van der Waals surface area contributed by atoms with Crippen LogP contribution in [0.25, 0.3) is 0 Å². The normalized spacial score (nSPS) is 12.4. The van der Waals surface area contributed by atoms with Gasteiger partial charge in [-0.1, -0.05) is 52.0 Å². The molecule has 3 nitrogen and oxygen atoms in total. The van der Waals surface area contributed by atoms with Crippen LogP contribution in [0.2, 0.25) is 0 Å². The lowest BCUT2D eigenvalue weighted by molar-refractivity contribution is -0.124. The van der Waals surface area contributed by atoms with Crippen LogP contribution < -0.4 is 11.1 Å². The van der Waals surface area contributed by atoms with Crippen LogP contribution >= 0.6 is 12.4 Å². The van der Waals surface area contributed by atoms with E-state index >= 15 is 0 Å². The van der Waals surface area contributed by atoms with Gasteiger partial charge in [0.25, 0.3) is 0 Å². The minimum absolute atomic E-state index is 0. The number of carbonyl (C=O) groups is 1. The lowest BCUT2D eigenvalue weighted by Gasteiger charge is -2.19. The lowest BCUT2D eigenvalue weighted by Crippen LogP contribution is -2.34. The molecule has 0 aliphatic carbocycles. The Bertz CT molecular complexity index is 409. The SMILES string of the molecule is CC(CN)C(=O)NCCc1ccc(C(C)(C)C)cc1.Cl. The van der Waals surface area contributed by atoms with E-state index in [4.69, 9.17) is 5.73 Å². The number of benzene rings is 1. The molecule has 3 N–H and O–H groups in total.